The van der Waals surface area contributed by atoms with Gasteiger partial charge in [0.1, 0.15) is 0 Å². The second kappa shape index (κ2) is 2.83. The zero-order valence-electron chi connectivity index (χ0n) is 7.31. The Labute approximate surface area is 82.4 Å². The topological polar surface area (TPSA) is 143 Å². The van der Waals surface area contributed by atoms with E-state index >= 15 is 0 Å². The van der Waals surface area contributed by atoms with Gasteiger partial charge >= 0.3 is 0 Å². The fourth-order valence-electron chi connectivity index (χ4n) is 1.56. The molecule has 0 aromatic heterocycles. The van der Waals surface area contributed by atoms with Crippen molar-refractivity contribution in [1.29, 1.82) is 0 Å². The number of hydrogen-bond donors (Lipinski definition) is 2. The number of fused-ring (bicyclic) bond motifs is 1. The van der Waals surface area contributed by atoms with Crippen molar-refractivity contribution < 1.29 is 10.1 Å². The quantitative estimate of drug-likeness (QED) is 0.382. The van der Waals surface area contributed by atoms with Gasteiger partial charge in [0.2, 0.25) is 19.0 Å². The first-order valence-electron chi connectivity index (χ1n) is 3.92. The monoisotopic (exact) mass is 217 g/mol. The Hall–Kier alpha value is -2.33. The van der Waals surface area contributed by atoms with E-state index in [2.05, 4.69) is 10.3 Å². The molecule has 3 N–H and O–H groups in total. The highest BCUT2D eigenvalue weighted by Crippen LogP contribution is 2.22. The van der Waals surface area contributed by atoms with Crippen molar-refractivity contribution in [3.05, 3.63) is 20.2 Å². The highest BCUT2D eigenvalue weighted by atomic mass is 16.7. The van der Waals surface area contributed by atoms with Crippen LogP contribution in [0.25, 0.3) is 0 Å². The van der Waals surface area contributed by atoms with Crippen LogP contribution in [0.4, 0.5) is 0 Å². The third-order valence-corrected chi connectivity index (χ3v) is 2.19. The Balaban J connectivity index is 2.26. The minimum absolute atomic E-state index is 0.0385. The first kappa shape index (κ1) is 9.23. The maximum atomic E-state index is 10.6. The van der Waals surface area contributed by atoms with Crippen LogP contribution in [0.1, 0.15) is 0 Å². The van der Waals surface area contributed by atoms with Crippen LogP contribution >= 0.6 is 0 Å². The zero-order valence-corrected chi connectivity index (χ0v) is 7.31. The van der Waals surface area contributed by atoms with Crippen LogP contribution in [0, 0.1) is 20.2 Å². The normalized spacial score (nSPS) is 28.4. The number of hydrogen-bond acceptors (Lipinski definition) is 7. The van der Waals surface area contributed by atoms with Gasteiger partial charge < -0.3 is 11.1 Å². The van der Waals surface area contributed by atoms with Crippen LogP contribution in [-0.2, 0) is 0 Å². The van der Waals surface area contributed by atoms with Gasteiger partial charge in [-0.2, -0.15) is 0 Å². The van der Waals surface area contributed by atoms with Crippen molar-refractivity contribution >= 4 is 5.96 Å². The smallest absolute Gasteiger partial charge is 0.228 e. The Kier molecular flexibility index (Phi) is 1.74. The second-order valence-electron chi connectivity index (χ2n) is 3.01. The summed E-state index contributed by atoms with van der Waals surface area (Å²) in [5.74, 6) is -0.0385. The van der Waals surface area contributed by atoms with E-state index in [0.29, 0.717) is 10.0 Å². The van der Waals surface area contributed by atoms with Gasteiger partial charge in [-0.1, -0.05) is 10.0 Å². The number of aliphatic imine (C=N–C) groups is 1. The molecule has 0 aromatic carbocycles. The van der Waals surface area contributed by atoms with Crippen molar-refractivity contribution in [3.63, 3.8) is 0 Å². The van der Waals surface area contributed by atoms with Crippen molar-refractivity contribution in [3.8, 4) is 0 Å². The standard InChI is InChI=1S/C4H7N7O4/c5-4-6-2-3(7-4)9(11(14)15)1-8(2)10(12)13/h2-3H,1H2,(H3,5,6,7). The van der Waals surface area contributed by atoms with Crippen LogP contribution < -0.4 is 11.1 Å². The van der Waals surface area contributed by atoms with Crippen molar-refractivity contribution in [2.75, 3.05) is 6.67 Å². The number of nitrogens with one attached hydrogen (secondary N) is 1. The lowest BCUT2D eigenvalue weighted by atomic mass is 10.4. The summed E-state index contributed by atoms with van der Waals surface area (Å²) in [5.41, 5.74) is 5.29. The Bertz CT molecular complexity index is 355. The third-order valence-electron chi connectivity index (χ3n) is 2.19. The summed E-state index contributed by atoms with van der Waals surface area (Å²) in [6.07, 6.45) is -1.84. The molecule has 2 heterocycles. The lowest BCUT2D eigenvalue weighted by Gasteiger charge is -2.12. The summed E-state index contributed by atoms with van der Waals surface area (Å²) in [6.45, 7) is -0.431. The number of nitrogens with zero attached hydrogens (tertiary/aromatic N) is 5. The minimum atomic E-state index is -0.953. The Morgan fingerprint density at radius 2 is 2.00 bits per heavy atom. The summed E-state index contributed by atoms with van der Waals surface area (Å²) in [7, 11) is 0. The molecular formula is C4H7N7O4. The maximum absolute atomic E-state index is 10.6. The Morgan fingerprint density at radius 1 is 1.40 bits per heavy atom. The minimum Gasteiger partial charge on any atom is -0.370 e. The lowest BCUT2D eigenvalue weighted by Crippen LogP contribution is -2.48. The molecule has 1 saturated heterocycles. The SMILES string of the molecule is NC1=NC2C(N1)N([N+](=O)[O-])CN2[N+](=O)[O-]. The van der Waals surface area contributed by atoms with E-state index in [0.717, 1.165) is 0 Å². The van der Waals surface area contributed by atoms with E-state index in [1.807, 2.05) is 0 Å². The number of guanidine groups is 1. The average molecular weight is 217 g/mol. The molecule has 0 amide bonds. The molecule has 0 saturated carbocycles. The van der Waals surface area contributed by atoms with E-state index in [1.54, 1.807) is 0 Å². The molecule has 2 rings (SSSR count). The molecule has 2 unspecified atom stereocenters. The van der Waals surface area contributed by atoms with E-state index in [9.17, 15) is 20.2 Å². The van der Waals surface area contributed by atoms with Crippen LogP contribution in [0.3, 0.4) is 0 Å². The summed E-state index contributed by atoms with van der Waals surface area (Å²) in [6, 6.07) is 0. The molecule has 11 heteroatoms. The molecule has 0 aromatic rings. The first-order valence-corrected chi connectivity index (χ1v) is 3.92. The lowest BCUT2D eigenvalue weighted by molar-refractivity contribution is -0.694. The van der Waals surface area contributed by atoms with Gasteiger partial charge in [-0.05, 0) is 0 Å². The van der Waals surface area contributed by atoms with Gasteiger partial charge in [0.05, 0.1) is 0 Å². The summed E-state index contributed by atoms with van der Waals surface area (Å²) >= 11 is 0. The van der Waals surface area contributed by atoms with Gasteiger partial charge in [-0.3, -0.25) is 0 Å². The molecule has 0 radical (unpaired) electrons. The van der Waals surface area contributed by atoms with E-state index in [-0.39, 0.29) is 5.96 Å². The maximum Gasteiger partial charge on any atom is 0.228 e. The summed E-state index contributed by atoms with van der Waals surface area (Å²) in [4.78, 5) is 24.8. The Morgan fingerprint density at radius 3 is 2.53 bits per heavy atom. The summed E-state index contributed by atoms with van der Waals surface area (Å²) < 4.78 is 0. The molecule has 2 atom stereocenters. The molecule has 1 fully saturated rings. The van der Waals surface area contributed by atoms with Gasteiger partial charge in [0.15, 0.2) is 16.0 Å². The molecular weight excluding hydrogens is 210 g/mol. The highest BCUT2D eigenvalue weighted by Gasteiger charge is 2.54. The molecule has 0 spiro atoms. The predicted octanol–water partition coefficient (Wildman–Crippen LogP) is -2.48. The molecule has 15 heavy (non-hydrogen) atoms. The molecule has 0 bridgehead atoms. The number of rotatable bonds is 2. The molecule has 2 aliphatic rings. The first-order chi connectivity index (χ1) is 7.00. The van der Waals surface area contributed by atoms with E-state index < -0.39 is 29.1 Å². The molecule has 2 aliphatic heterocycles. The number of nitrogens with two attached hydrogens (primary N) is 1. The molecule has 11 nitrogen and oxygen atoms in total. The third kappa shape index (κ3) is 1.24. The number of hydrazine groups is 2. The van der Waals surface area contributed by atoms with Crippen molar-refractivity contribution in [2.24, 2.45) is 10.7 Å². The predicted molar refractivity (Wildman–Crippen MR) is 44.9 cm³/mol. The van der Waals surface area contributed by atoms with Crippen LogP contribution in [0.5, 0.6) is 0 Å². The van der Waals surface area contributed by atoms with Gasteiger partial charge in [-0.15, -0.1) is 0 Å². The largest absolute Gasteiger partial charge is 0.370 e. The zero-order chi connectivity index (χ0) is 11.2. The van der Waals surface area contributed by atoms with E-state index in [4.69, 9.17) is 5.73 Å². The van der Waals surface area contributed by atoms with Crippen molar-refractivity contribution in [1.82, 2.24) is 15.3 Å². The second-order valence-corrected chi connectivity index (χ2v) is 3.01. The van der Waals surface area contributed by atoms with Crippen LogP contribution in [-0.4, -0.2) is 45.0 Å². The van der Waals surface area contributed by atoms with E-state index in [1.165, 1.54) is 0 Å². The molecule has 82 valence electrons. The van der Waals surface area contributed by atoms with Crippen molar-refractivity contribution in [2.45, 2.75) is 12.3 Å². The van der Waals surface area contributed by atoms with Crippen LogP contribution in [0.15, 0.2) is 4.99 Å². The van der Waals surface area contributed by atoms with Gasteiger partial charge in [0, 0.05) is 0 Å². The van der Waals surface area contributed by atoms with Gasteiger partial charge in [0.25, 0.3) is 0 Å². The summed E-state index contributed by atoms with van der Waals surface area (Å²) in [5, 5.41) is 23.5. The van der Waals surface area contributed by atoms with Crippen LogP contribution in [0.2, 0.25) is 0 Å². The fraction of sp³-hybridized carbons (Fsp3) is 0.750. The van der Waals surface area contributed by atoms with Gasteiger partial charge in [-0.25, -0.2) is 25.2 Å². The number of nitro groups is 2. The average Bonchev–Trinajstić information content (AvgIpc) is 2.59. The highest BCUT2D eigenvalue weighted by molar-refractivity contribution is 5.80. The molecule has 0 aliphatic carbocycles. The fourth-order valence-corrected chi connectivity index (χ4v) is 1.56.